The zero-order valence-corrected chi connectivity index (χ0v) is 12.7. The molecule has 0 aliphatic carbocycles. The van der Waals surface area contributed by atoms with Crippen LogP contribution in [0.25, 0.3) is 0 Å². The molecule has 1 aliphatic heterocycles. The Labute approximate surface area is 115 Å². The normalized spacial score (nSPS) is 19.3. The van der Waals surface area contributed by atoms with E-state index >= 15 is 0 Å². The van der Waals surface area contributed by atoms with Crippen molar-refractivity contribution in [1.82, 2.24) is 10.2 Å². The smallest absolute Gasteiger partial charge is 0.0442 e. The van der Waals surface area contributed by atoms with E-state index in [-0.39, 0.29) is 0 Å². The fourth-order valence-electron chi connectivity index (χ4n) is 2.62. The zero-order valence-electron chi connectivity index (χ0n) is 11.9. The summed E-state index contributed by atoms with van der Waals surface area (Å²) in [7, 11) is 0. The van der Waals surface area contributed by atoms with Gasteiger partial charge in [0.15, 0.2) is 0 Å². The van der Waals surface area contributed by atoms with Gasteiger partial charge in [-0.3, -0.25) is 4.90 Å². The minimum absolute atomic E-state index is 0.646. The van der Waals surface area contributed by atoms with Crippen molar-refractivity contribution in [2.75, 3.05) is 26.2 Å². The lowest BCUT2D eigenvalue weighted by molar-refractivity contribution is 0.162. The molecular weight excluding hydrogens is 240 g/mol. The van der Waals surface area contributed by atoms with Crippen molar-refractivity contribution < 1.29 is 0 Å². The number of thiophene rings is 1. The quantitative estimate of drug-likeness (QED) is 0.878. The molecule has 0 unspecified atom stereocenters. The summed E-state index contributed by atoms with van der Waals surface area (Å²) in [6.07, 6.45) is 2.63. The average Bonchev–Trinajstić information content (AvgIpc) is 2.77. The van der Waals surface area contributed by atoms with Crippen LogP contribution in [0.5, 0.6) is 0 Å². The van der Waals surface area contributed by atoms with Gasteiger partial charge in [0, 0.05) is 42.0 Å². The molecule has 0 spiro atoms. The summed E-state index contributed by atoms with van der Waals surface area (Å²) in [5.41, 5.74) is 0. The highest BCUT2D eigenvalue weighted by molar-refractivity contribution is 7.12. The van der Waals surface area contributed by atoms with Crippen LogP contribution in [0.4, 0.5) is 0 Å². The third-order valence-electron chi connectivity index (χ3n) is 3.70. The highest BCUT2D eigenvalue weighted by atomic mass is 32.1. The first-order valence-corrected chi connectivity index (χ1v) is 7.99. The van der Waals surface area contributed by atoms with Crippen molar-refractivity contribution >= 4 is 11.3 Å². The summed E-state index contributed by atoms with van der Waals surface area (Å²) in [6, 6.07) is 5.26. The van der Waals surface area contributed by atoms with Crippen molar-refractivity contribution in [3.8, 4) is 0 Å². The molecule has 1 saturated heterocycles. The second-order valence-corrected chi connectivity index (χ2v) is 7.04. The SMILES string of the molecule is Cc1ccc([C@@H](CCC(C)C)N2CCNCC2)s1. The molecule has 18 heavy (non-hydrogen) atoms. The molecule has 0 aromatic carbocycles. The molecule has 0 saturated carbocycles. The predicted octanol–water partition coefficient (Wildman–Crippen LogP) is 3.44. The molecule has 102 valence electrons. The molecule has 1 aromatic heterocycles. The van der Waals surface area contributed by atoms with Crippen LogP contribution in [-0.4, -0.2) is 31.1 Å². The lowest BCUT2D eigenvalue weighted by atomic mass is 10.0. The van der Waals surface area contributed by atoms with Crippen molar-refractivity contribution in [3.63, 3.8) is 0 Å². The molecule has 2 rings (SSSR count). The van der Waals surface area contributed by atoms with Crippen LogP contribution >= 0.6 is 11.3 Å². The van der Waals surface area contributed by atoms with E-state index in [1.807, 2.05) is 11.3 Å². The van der Waals surface area contributed by atoms with Gasteiger partial charge >= 0.3 is 0 Å². The van der Waals surface area contributed by atoms with E-state index in [1.165, 1.54) is 30.8 Å². The molecule has 2 nitrogen and oxygen atoms in total. The van der Waals surface area contributed by atoms with Crippen LogP contribution < -0.4 is 5.32 Å². The van der Waals surface area contributed by atoms with Gasteiger partial charge in [0.2, 0.25) is 0 Å². The lowest BCUT2D eigenvalue weighted by Crippen LogP contribution is -2.45. The second-order valence-electron chi connectivity index (χ2n) is 5.72. The largest absolute Gasteiger partial charge is 0.314 e. The molecule has 1 atom stereocenters. The highest BCUT2D eigenvalue weighted by Crippen LogP contribution is 2.32. The van der Waals surface area contributed by atoms with E-state index in [2.05, 4.69) is 43.1 Å². The van der Waals surface area contributed by atoms with Crippen molar-refractivity contribution in [3.05, 3.63) is 21.9 Å². The Morgan fingerprint density at radius 2 is 1.94 bits per heavy atom. The van der Waals surface area contributed by atoms with E-state index in [0.29, 0.717) is 6.04 Å². The van der Waals surface area contributed by atoms with Crippen LogP contribution in [0.3, 0.4) is 0 Å². The molecule has 1 fully saturated rings. The predicted molar refractivity (Wildman–Crippen MR) is 80.3 cm³/mol. The van der Waals surface area contributed by atoms with Gasteiger partial charge in [-0.2, -0.15) is 0 Å². The molecule has 1 N–H and O–H groups in total. The number of rotatable bonds is 5. The number of hydrogen-bond donors (Lipinski definition) is 1. The topological polar surface area (TPSA) is 15.3 Å². The van der Waals surface area contributed by atoms with Gasteiger partial charge in [0.05, 0.1) is 0 Å². The standard InChI is InChI=1S/C15H26N2S/c1-12(2)4-6-14(15-7-5-13(3)18-15)17-10-8-16-9-11-17/h5,7,12,14,16H,4,6,8-11H2,1-3H3/t14-/m1/s1. The number of aryl methyl sites for hydroxylation is 1. The number of nitrogens with one attached hydrogen (secondary N) is 1. The van der Waals surface area contributed by atoms with Gasteiger partial charge in [-0.05, 0) is 37.8 Å². The van der Waals surface area contributed by atoms with E-state index in [1.54, 1.807) is 4.88 Å². The summed E-state index contributed by atoms with van der Waals surface area (Å²) in [6.45, 7) is 11.5. The third-order valence-corrected chi connectivity index (χ3v) is 4.80. The maximum atomic E-state index is 3.45. The Kier molecular flexibility index (Phi) is 5.22. The Morgan fingerprint density at radius 1 is 1.22 bits per heavy atom. The molecule has 1 aromatic rings. The lowest BCUT2D eigenvalue weighted by Gasteiger charge is -2.35. The maximum absolute atomic E-state index is 3.45. The first-order valence-electron chi connectivity index (χ1n) is 7.18. The monoisotopic (exact) mass is 266 g/mol. The highest BCUT2D eigenvalue weighted by Gasteiger charge is 2.23. The van der Waals surface area contributed by atoms with Gasteiger partial charge in [-0.1, -0.05) is 13.8 Å². The summed E-state index contributed by atoms with van der Waals surface area (Å²) < 4.78 is 0. The summed E-state index contributed by atoms with van der Waals surface area (Å²) in [4.78, 5) is 5.68. The van der Waals surface area contributed by atoms with Crippen molar-refractivity contribution in [2.24, 2.45) is 5.92 Å². The van der Waals surface area contributed by atoms with Gasteiger partial charge in [-0.15, -0.1) is 11.3 Å². The van der Waals surface area contributed by atoms with Crippen LogP contribution in [0, 0.1) is 12.8 Å². The molecule has 2 heterocycles. The van der Waals surface area contributed by atoms with Crippen LogP contribution in [0.15, 0.2) is 12.1 Å². The van der Waals surface area contributed by atoms with E-state index in [9.17, 15) is 0 Å². The van der Waals surface area contributed by atoms with Gasteiger partial charge in [0.25, 0.3) is 0 Å². The fraction of sp³-hybridized carbons (Fsp3) is 0.733. The second kappa shape index (κ2) is 6.69. The summed E-state index contributed by atoms with van der Waals surface area (Å²) >= 11 is 1.98. The number of piperazine rings is 1. The number of nitrogens with zero attached hydrogens (tertiary/aromatic N) is 1. The van der Waals surface area contributed by atoms with Crippen LogP contribution in [-0.2, 0) is 0 Å². The fourth-order valence-corrected chi connectivity index (χ4v) is 3.67. The maximum Gasteiger partial charge on any atom is 0.0442 e. The van der Waals surface area contributed by atoms with E-state index < -0.39 is 0 Å². The molecule has 0 amide bonds. The van der Waals surface area contributed by atoms with Gasteiger partial charge in [0.1, 0.15) is 0 Å². The Hall–Kier alpha value is -0.380. The van der Waals surface area contributed by atoms with E-state index in [4.69, 9.17) is 0 Å². The van der Waals surface area contributed by atoms with Crippen molar-refractivity contribution in [1.29, 1.82) is 0 Å². The summed E-state index contributed by atoms with van der Waals surface area (Å²) in [5.74, 6) is 0.802. The van der Waals surface area contributed by atoms with Crippen LogP contribution in [0.2, 0.25) is 0 Å². The van der Waals surface area contributed by atoms with Gasteiger partial charge in [-0.25, -0.2) is 0 Å². The first kappa shape index (κ1) is 14.0. The van der Waals surface area contributed by atoms with Crippen LogP contribution in [0.1, 0.15) is 42.5 Å². The Bertz CT molecular complexity index is 353. The zero-order chi connectivity index (χ0) is 13.0. The van der Waals surface area contributed by atoms with Gasteiger partial charge < -0.3 is 5.32 Å². The minimum atomic E-state index is 0.646. The summed E-state index contributed by atoms with van der Waals surface area (Å²) in [5, 5.41) is 3.45. The third kappa shape index (κ3) is 3.81. The molecule has 1 aliphatic rings. The minimum Gasteiger partial charge on any atom is -0.314 e. The number of hydrogen-bond acceptors (Lipinski definition) is 3. The molecular formula is C15H26N2S. The molecule has 0 radical (unpaired) electrons. The average molecular weight is 266 g/mol. The Morgan fingerprint density at radius 3 is 2.50 bits per heavy atom. The van der Waals surface area contributed by atoms with E-state index in [0.717, 1.165) is 19.0 Å². The van der Waals surface area contributed by atoms with Crippen molar-refractivity contribution in [2.45, 2.75) is 39.7 Å². The molecule has 3 heteroatoms. The Balaban J connectivity index is 2.06. The molecule has 0 bridgehead atoms. The first-order chi connectivity index (χ1) is 8.66.